The van der Waals surface area contributed by atoms with Crippen molar-refractivity contribution >= 4 is 29.5 Å². The van der Waals surface area contributed by atoms with Gasteiger partial charge in [-0.1, -0.05) is 30.3 Å². The molecule has 0 saturated carbocycles. The summed E-state index contributed by atoms with van der Waals surface area (Å²) in [7, 11) is 1.58. The van der Waals surface area contributed by atoms with Gasteiger partial charge in [0.25, 0.3) is 0 Å². The zero-order valence-corrected chi connectivity index (χ0v) is 31.2. The second-order valence-electron chi connectivity index (χ2n) is 13.3. The van der Waals surface area contributed by atoms with Crippen molar-refractivity contribution < 1.29 is 28.2 Å². The zero-order chi connectivity index (χ0) is 37.7. The molecule has 2 heterocycles. The molecule has 1 fully saturated rings. The molecule has 0 unspecified atom stereocenters. The summed E-state index contributed by atoms with van der Waals surface area (Å²) in [6.07, 6.45) is 1.43. The number of halogens is 1. The van der Waals surface area contributed by atoms with Gasteiger partial charge in [-0.2, -0.15) is 4.98 Å². The van der Waals surface area contributed by atoms with E-state index < -0.39 is 11.9 Å². The van der Waals surface area contributed by atoms with E-state index in [4.69, 9.17) is 14.2 Å². The van der Waals surface area contributed by atoms with Crippen LogP contribution in [0.3, 0.4) is 0 Å². The van der Waals surface area contributed by atoms with E-state index >= 15 is 0 Å². The van der Waals surface area contributed by atoms with Crippen molar-refractivity contribution in [2.45, 2.75) is 46.6 Å². The molecule has 0 bridgehead atoms. The Bertz CT molecular complexity index is 1850. The largest absolute Gasteiger partial charge is 0.489 e. The van der Waals surface area contributed by atoms with E-state index in [0.717, 1.165) is 60.5 Å². The monoisotopic (exact) mass is 727 g/mol. The van der Waals surface area contributed by atoms with Gasteiger partial charge in [-0.05, 0) is 80.6 Å². The minimum Gasteiger partial charge on any atom is -0.489 e. The first-order valence-corrected chi connectivity index (χ1v) is 18.0. The first kappa shape index (κ1) is 39.1. The lowest BCUT2D eigenvalue weighted by Gasteiger charge is -2.36. The van der Waals surface area contributed by atoms with Crippen molar-refractivity contribution in [3.05, 3.63) is 89.4 Å². The van der Waals surface area contributed by atoms with Crippen LogP contribution in [0, 0.1) is 19.7 Å². The molecule has 3 aromatic carbocycles. The van der Waals surface area contributed by atoms with E-state index in [-0.39, 0.29) is 29.8 Å². The van der Waals surface area contributed by atoms with E-state index in [1.54, 1.807) is 25.3 Å². The number of carbonyl (C=O) groups is 2. The Hall–Kier alpha value is -5.11. The number of ether oxygens (including phenoxy) is 3. The number of rotatable bonds is 16. The Morgan fingerprint density at radius 3 is 2.51 bits per heavy atom. The summed E-state index contributed by atoms with van der Waals surface area (Å²) in [5, 5.41) is 8.47. The number of carbonyl (C=O) groups excluding carboxylic acids is 2. The van der Waals surface area contributed by atoms with Gasteiger partial charge in [0.05, 0.1) is 6.61 Å². The molecule has 1 aromatic heterocycles. The van der Waals surface area contributed by atoms with Crippen molar-refractivity contribution in [1.82, 2.24) is 25.1 Å². The molecular weight excluding hydrogens is 677 g/mol. The first-order chi connectivity index (χ1) is 25.6. The third-order valence-corrected chi connectivity index (χ3v) is 9.29. The summed E-state index contributed by atoms with van der Waals surface area (Å²) in [5.41, 5.74) is 5.07. The van der Waals surface area contributed by atoms with Crippen molar-refractivity contribution in [2.75, 3.05) is 70.2 Å². The smallest absolute Gasteiger partial charge is 0.418 e. The molecule has 0 spiro atoms. The Balaban J connectivity index is 1.20. The fourth-order valence-corrected chi connectivity index (χ4v) is 6.04. The molecule has 0 atom stereocenters. The number of nitrogens with one attached hydrogen (secondary N) is 3. The van der Waals surface area contributed by atoms with Crippen molar-refractivity contribution in [2.24, 2.45) is 0 Å². The summed E-state index contributed by atoms with van der Waals surface area (Å²) in [5.74, 6) is 0.240. The predicted octanol–water partition coefficient (Wildman–Crippen LogP) is 6.35. The summed E-state index contributed by atoms with van der Waals surface area (Å²) < 4.78 is 31.6. The number of nitrogens with zero attached hydrogens (tertiary/aromatic N) is 4. The lowest BCUT2D eigenvalue weighted by Crippen LogP contribution is -2.49. The third-order valence-electron chi connectivity index (χ3n) is 9.29. The Kier molecular flexibility index (Phi) is 14.1. The van der Waals surface area contributed by atoms with E-state index in [1.807, 2.05) is 44.2 Å². The van der Waals surface area contributed by atoms with Crippen LogP contribution in [0.2, 0.25) is 0 Å². The Morgan fingerprint density at radius 1 is 0.943 bits per heavy atom. The van der Waals surface area contributed by atoms with E-state index in [0.29, 0.717) is 43.7 Å². The van der Waals surface area contributed by atoms with Crippen LogP contribution < -0.4 is 25.4 Å². The van der Waals surface area contributed by atoms with Gasteiger partial charge in [-0.15, -0.1) is 0 Å². The molecule has 4 aromatic rings. The normalized spacial score (nSPS) is 13.5. The van der Waals surface area contributed by atoms with Crippen molar-refractivity contribution in [1.29, 1.82) is 0 Å². The third kappa shape index (κ3) is 11.4. The molecule has 3 N–H and O–H groups in total. The molecule has 13 heteroatoms. The average molecular weight is 728 g/mol. The molecule has 1 aliphatic rings. The number of amides is 2. The highest BCUT2D eigenvalue weighted by molar-refractivity contribution is 5.87. The van der Waals surface area contributed by atoms with Crippen LogP contribution in [0.15, 0.2) is 66.9 Å². The predicted molar refractivity (Wildman–Crippen MR) is 205 cm³/mol. The Labute approximate surface area is 311 Å². The second-order valence-corrected chi connectivity index (χ2v) is 13.3. The molecule has 1 saturated heterocycles. The Morgan fingerprint density at radius 2 is 1.75 bits per heavy atom. The number of aryl methyl sites for hydroxylation is 2. The number of hydrogen-bond acceptors (Lipinski definition) is 10. The summed E-state index contributed by atoms with van der Waals surface area (Å²) in [6, 6.07) is 18.2. The van der Waals surface area contributed by atoms with Gasteiger partial charge < -0.3 is 24.8 Å². The van der Waals surface area contributed by atoms with Crippen LogP contribution in [0.4, 0.5) is 26.6 Å². The topological polar surface area (TPSA) is 130 Å². The van der Waals surface area contributed by atoms with Crippen LogP contribution in [0.1, 0.15) is 37.0 Å². The standard InChI is InChI=1S/C40H50FN7O5/c1-27(2)48-20-18-47(19-21-48)22-24-52-35-13-11-31(26-34(35)41)44-39-43-16-15-37(45-39)46-40(50)53-36-25-30(10-14-38(49)42-17-23-51-5)9-12-33(36)32-8-6-7-28(3)29(32)4/h6-9,11-13,15-16,25-27H,10,14,17-24H2,1-5H3,(H,42,49)(H2,43,44,45,46,50). The first-order valence-electron chi connectivity index (χ1n) is 18.0. The zero-order valence-electron chi connectivity index (χ0n) is 31.2. The number of methoxy groups -OCH3 is 1. The molecule has 0 aliphatic carbocycles. The fraction of sp³-hybridized carbons (Fsp3) is 0.400. The highest BCUT2D eigenvalue weighted by Gasteiger charge is 2.19. The summed E-state index contributed by atoms with van der Waals surface area (Å²) >= 11 is 0. The molecular formula is C40H50FN7O5. The van der Waals surface area contributed by atoms with Gasteiger partial charge in [0.15, 0.2) is 11.6 Å². The van der Waals surface area contributed by atoms with E-state index in [9.17, 15) is 14.0 Å². The highest BCUT2D eigenvalue weighted by Crippen LogP contribution is 2.35. The molecule has 0 radical (unpaired) electrons. The molecule has 5 rings (SSSR count). The number of piperazine rings is 1. The molecule has 53 heavy (non-hydrogen) atoms. The van der Waals surface area contributed by atoms with Gasteiger partial charge in [0.2, 0.25) is 11.9 Å². The van der Waals surface area contributed by atoms with E-state index in [2.05, 4.69) is 49.6 Å². The van der Waals surface area contributed by atoms with Gasteiger partial charge in [-0.25, -0.2) is 14.2 Å². The van der Waals surface area contributed by atoms with Crippen LogP contribution in [-0.4, -0.2) is 97.4 Å². The minimum absolute atomic E-state index is 0.0946. The summed E-state index contributed by atoms with van der Waals surface area (Å²) in [4.78, 5) is 38.9. The van der Waals surface area contributed by atoms with Crippen molar-refractivity contribution in [3.8, 4) is 22.6 Å². The van der Waals surface area contributed by atoms with Crippen LogP contribution in [0.5, 0.6) is 11.5 Å². The van der Waals surface area contributed by atoms with Crippen LogP contribution in [-0.2, 0) is 16.0 Å². The van der Waals surface area contributed by atoms with Crippen molar-refractivity contribution in [3.63, 3.8) is 0 Å². The van der Waals surface area contributed by atoms with Gasteiger partial charge in [0, 0.05) is 82.4 Å². The molecule has 282 valence electrons. The van der Waals surface area contributed by atoms with Crippen LogP contribution >= 0.6 is 0 Å². The minimum atomic E-state index is -0.759. The van der Waals surface area contributed by atoms with Gasteiger partial charge >= 0.3 is 6.09 Å². The highest BCUT2D eigenvalue weighted by atomic mass is 19.1. The lowest BCUT2D eigenvalue weighted by molar-refractivity contribution is -0.121. The maximum absolute atomic E-state index is 15.0. The average Bonchev–Trinajstić information content (AvgIpc) is 3.13. The van der Waals surface area contributed by atoms with Gasteiger partial charge in [0.1, 0.15) is 18.2 Å². The molecule has 1 aliphatic heterocycles. The SMILES string of the molecule is COCCNC(=O)CCc1ccc(-c2cccc(C)c2C)c(OC(=O)Nc2ccnc(Nc3ccc(OCCN4CCN(C(C)C)CC4)c(F)c3)n2)c1. The maximum Gasteiger partial charge on any atom is 0.418 e. The summed E-state index contributed by atoms with van der Waals surface area (Å²) in [6.45, 7) is 14.4. The second kappa shape index (κ2) is 19.1. The maximum atomic E-state index is 15.0. The quantitative estimate of drug-likeness (QED) is 0.112. The number of hydrogen-bond donors (Lipinski definition) is 3. The molecule has 2 amide bonds. The fourth-order valence-electron chi connectivity index (χ4n) is 6.04. The number of anilines is 3. The lowest BCUT2D eigenvalue weighted by atomic mass is 9.95. The number of aromatic nitrogens is 2. The molecule has 12 nitrogen and oxygen atoms in total. The van der Waals surface area contributed by atoms with E-state index in [1.165, 1.54) is 18.3 Å². The number of benzene rings is 3. The van der Waals surface area contributed by atoms with Crippen LogP contribution in [0.25, 0.3) is 11.1 Å². The van der Waals surface area contributed by atoms with Gasteiger partial charge in [-0.3, -0.25) is 19.9 Å².